The number of aromatic carboxylic acids is 1. The summed E-state index contributed by atoms with van der Waals surface area (Å²) >= 11 is 0. The van der Waals surface area contributed by atoms with Crippen LogP contribution >= 0.6 is 0 Å². The number of fused-ring (bicyclic) bond motifs is 1. The number of aryl methyl sites for hydroxylation is 1. The number of carboxylic acids is 1. The number of nitrogens with zero attached hydrogens (tertiary/aromatic N) is 1. The van der Waals surface area contributed by atoms with Crippen LogP contribution in [0.15, 0.2) is 24.3 Å². The normalized spacial score (nSPS) is 15.6. The Hall–Kier alpha value is -1.77. The molecule has 0 saturated heterocycles. The zero-order chi connectivity index (χ0) is 11.3. The molecule has 1 aromatic heterocycles. The van der Waals surface area contributed by atoms with E-state index >= 15 is 0 Å². The summed E-state index contributed by atoms with van der Waals surface area (Å²) in [6.45, 7) is 1.89. The van der Waals surface area contributed by atoms with Gasteiger partial charge in [0.1, 0.15) is 5.69 Å². The molecular formula is C13H13NO2. The first-order valence-corrected chi connectivity index (χ1v) is 5.53. The summed E-state index contributed by atoms with van der Waals surface area (Å²) in [6, 6.07) is 8.32. The van der Waals surface area contributed by atoms with Crippen LogP contribution in [0.4, 0.5) is 0 Å². The Morgan fingerprint density at radius 3 is 2.69 bits per heavy atom. The third-order valence-electron chi connectivity index (χ3n) is 3.28. The molecule has 3 nitrogen and oxygen atoms in total. The van der Waals surface area contributed by atoms with Gasteiger partial charge in [0.05, 0.1) is 0 Å². The van der Waals surface area contributed by atoms with Crippen molar-refractivity contribution in [1.29, 1.82) is 0 Å². The van der Waals surface area contributed by atoms with Crippen LogP contribution < -0.4 is 0 Å². The maximum Gasteiger partial charge on any atom is 0.352 e. The molecule has 3 heteroatoms. The molecule has 1 aliphatic carbocycles. The Balaban J connectivity index is 2.41. The van der Waals surface area contributed by atoms with Gasteiger partial charge in [-0.25, -0.2) is 4.79 Å². The number of hydrogen-bond acceptors (Lipinski definition) is 1. The van der Waals surface area contributed by atoms with Crippen molar-refractivity contribution in [3.8, 4) is 0 Å². The average Bonchev–Trinajstić information content (AvgIpc) is 3.05. The fourth-order valence-corrected chi connectivity index (χ4v) is 2.40. The average molecular weight is 215 g/mol. The molecule has 0 radical (unpaired) electrons. The first-order valence-electron chi connectivity index (χ1n) is 5.53. The van der Waals surface area contributed by atoms with Crippen LogP contribution in [0.1, 0.15) is 34.9 Å². The monoisotopic (exact) mass is 215 g/mol. The quantitative estimate of drug-likeness (QED) is 0.836. The van der Waals surface area contributed by atoms with Gasteiger partial charge in [0.15, 0.2) is 0 Å². The van der Waals surface area contributed by atoms with E-state index in [1.54, 1.807) is 0 Å². The van der Waals surface area contributed by atoms with Gasteiger partial charge >= 0.3 is 5.97 Å². The van der Waals surface area contributed by atoms with Crippen molar-refractivity contribution in [2.75, 3.05) is 0 Å². The number of carboxylic acid groups (broad SMARTS) is 1. The molecular weight excluding hydrogens is 202 g/mol. The predicted octanol–water partition coefficient (Wildman–Crippen LogP) is 2.98. The fourth-order valence-electron chi connectivity index (χ4n) is 2.40. The zero-order valence-corrected chi connectivity index (χ0v) is 9.10. The van der Waals surface area contributed by atoms with E-state index in [1.807, 2.05) is 35.8 Å². The molecule has 0 aliphatic heterocycles. The van der Waals surface area contributed by atoms with Crippen LogP contribution in [0, 0.1) is 6.92 Å². The van der Waals surface area contributed by atoms with Gasteiger partial charge in [0.2, 0.25) is 0 Å². The Kier molecular flexibility index (Phi) is 1.84. The van der Waals surface area contributed by atoms with Crippen LogP contribution in [0.5, 0.6) is 0 Å². The highest BCUT2D eigenvalue weighted by Crippen LogP contribution is 2.41. The maximum atomic E-state index is 11.3. The smallest absolute Gasteiger partial charge is 0.352 e. The summed E-state index contributed by atoms with van der Waals surface area (Å²) in [5.74, 6) is -0.819. The summed E-state index contributed by atoms with van der Waals surface area (Å²) in [7, 11) is 0. The minimum absolute atomic E-state index is 0.393. The lowest BCUT2D eigenvalue weighted by Crippen LogP contribution is -2.08. The van der Waals surface area contributed by atoms with Crippen LogP contribution in [0.2, 0.25) is 0 Å². The van der Waals surface area contributed by atoms with Crippen LogP contribution in [0.25, 0.3) is 10.9 Å². The van der Waals surface area contributed by atoms with Crippen LogP contribution in [0.3, 0.4) is 0 Å². The zero-order valence-electron chi connectivity index (χ0n) is 9.10. The second kappa shape index (κ2) is 3.11. The lowest BCUT2D eigenvalue weighted by atomic mass is 10.1. The van der Waals surface area contributed by atoms with Gasteiger partial charge < -0.3 is 9.67 Å². The molecule has 3 rings (SSSR count). The summed E-state index contributed by atoms with van der Waals surface area (Å²) < 4.78 is 1.99. The van der Waals surface area contributed by atoms with Gasteiger partial charge in [-0.3, -0.25) is 0 Å². The van der Waals surface area contributed by atoms with Gasteiger partial charge in [-0.1, -0.05) is 18.2 Å². The van der Waals surface area contributed by atoms with Gasteiger partial charge in [0, 0.05) is 16.9 Å². The van der Waals surface area contributed by atoms with Crippen molar-refractivity contribution in [3.63, 3.8) is 0 Å². The summed E-state index contributed by atoms with van der Waals surface area (Å²) in [5, 5.41) is 10.4. The molecule has 1 heterocycles. The van der Waals surface area contributed by atoms with E-state index in [0.29, 0.717) is 11.7 Å². The molecule has 0 amide bonds. The number of aromatic nitrogens is 1. The highest BCUT2D eigenvalue weighted by atomic mass is 16.4. The largest absolute Gasteiger partial charge is 0.477 e. The second-order valence-electron chi connectivity index (χ2n) is 4.40. The Bertz CT molecular complexity index is 579. The van der Waals surface area contributed by atoms with E-state index in [4.69, 9.17) is 0 Å². The molecule has 1 N–H and O–H groups in total. The molecule has 0 atom stereocenters. The first-order chi connectivity index (χ1) is 7.70. The molecule has 82 valence electrons. The molecule has 16 heavy (non-hydrogen) atoms. The SMILES string of the molecule is Cc1c(C(=O)O)n(C2CC2)c2ccccc12. The topological polar surface area (TPSA) is 42.2 Å². The lowest BCUT2D eigenvalue weighted by Gasteiger charge is -2.05. The van der Waals surface area contributed by atoms with Crippen molar-refractivity contribution in [3.05, 3.63) is 35.5 Å². The molecule has 1 fully saturated rings. The predicted molar refractivity (Wildman–Crippen MR) is 61.9 cm³/mol. The number of hydrogen-bond donors (Lipinski definition) is 1. The van der Waals surface area contributed by atoms with Crippen molar-refractivity contribution in [2.24, 2.45) is 0 Å². The molecule has 0 bridgehead atoms. The fraction of sp³-hybridized carbons (Fsp3) is 0.308. The van der Waals surface area contributed by atoms with Crippen LogP contribution in [-0.4, -0.2) is 15.6 Å². The summed E-state index contributed by atoms with van der Waals surface area (Å²) in [5.41, 5.74) is 2.40. The molecule has 0 spiro atoms. The molecule has 2 aromatic rings. The Morgan fingerprint density at radius 1 is 1.38 bits per heavy atom. The van der Waals surface area contributed by atoms with Gasteiger partial charge in [-0.15, -0.1) is 0 Å². The Labute approximate surface area is 93.3 Å². The standard InChI is InChI=1S/C13H13NO2/c1-8-10-4-2-3-5-11(10)14(9-6-7-9)12(8)13(15)16/h2-5,9H,6-7H2,1H3,(H,15,16). The van der Waals surface area contributed by atoms with Gasteiger partial charge in [-0.2, -0.15) is 0 Å². The van der Waals surface area contributed by atoms with Crippen molar-refractivity contribution in [2.45, 2.75) is 25.8 Å². The second-order valence-corrected chi connectivity index (χ2v) is 4.40. The van der Waals surface area contributed by atoms with Crippen molar-refractivity contribution >= 4 is 16.9 Å². The van der Waals surface area contributed by atoms with Crippen LogP contribution in [-0.2, 0) is 0 Å². The van der Waals surface area contributed by atoms with E-state index in [9.17, 15) is 9.90 Å². The number of carbonyl (C=O) groups is 1. The first kappa shape index (κ1) is 9.46. The maximum absolute atomic E-state index is 11.3. The van der Waals surface area contributed by atoms with Gasteiger partial charge in [0.25, 0.3) is 0 Å². The number of benzene rings is 1. The summed E-state index contributed by atoms with van der Waals surface area (Å²) in [4.78, 5) is 11.3. The minimum Gasteiger partial charge on any atom is -0.477 e. The van der Waals surface area contributed by atoms with Gasteiger partial charge in [-0.05, 0) is 31.4 Å². The molecule has 1 aliphatic rings. The third-order valence-corrected chi connectivity index (χ3v) is 3.28. The molecule has 1 aromatic carbocycles. The van der Waals surface area contributed by atoms with E-state index in [-0.39, 0.29) is 0 Å². The number of para-hydroxylation sites is 1. The highest BCUT2D eigenvalue weighted by molar-refractivity contribution is 5.98. The van der Waals surface area contributed by atoms with E-state index in [2.05, 4.69) is 0 Å². The molecule has 0 unspecified atom stereocenters. The lowest BCUT2D eigenvalue weighted by molar-refractivity contribution is 0.0684. The highest BCUT2D eigenvalue weighted by Gasteiger charge is 2.30. The van der Waals surface area contributed by atoms with E-state index in [1.165, 1.54) is 0 Å². The van der Waals surface area contributed by atoms with Crippen molar-refractivity contribution < 1.29 is 9.90 Å². The third kappa shape index (κ3) is 1.18. The number of rotatable bonds is 2. The van der Waals surface area contributed by atoms with E-state index < -0.39 is 5.97 Å². The minimum atomic E-state index is -0.819. The van der Waals surface area contributed by atoms with E-state index in [0.717, 1.165) is 29.3 Å². The molecule has 1 saturated carbocycles. The van der Waals surface area contributed by atoms with Crippen molar-refractivity contribution in [1.82, 2.24) is 4.57 Å². The Morgan fingerprint density at radius 2 is 2.06 bits per heavy atom. The summed E-state index contributed by atoms with van der Waals surface area (Å²) in [6.07, 6.45) is 2.19.